The van der Waals surface area contributed by atoms with Crippen LogP contribution in [0.15, 0.2) is 41.0 Å². The van der Waals surface area contributed by atoms with Crippen LogP contribution in [0.5, 0.6) is 5.75 Å². The molecule has 8 heteroatoms. The first-order valence-corrected chi connectivity index (χ1v) is 7.84. The van der Waals surface area contributed by atoms with Crippen LogP contribution in [-0.4, -0.2) is 22.4 Å². The van der Waals surface area contributed by atoms with Gasteiger partial charge >= 0.3 is 0 Å². The Hall–Kier alpha value is -1.99. The highest BCUT2D eigenvalue weighted by Gasteiger charge is 2.30. The molecule has 23 heavy (non-hydrogen) atoms. The molecule has 0 unspecified atom stereocenters. The maximum absolute atomic E-state index is 12.2. The van der Waals surface area contributed by atoms with Gasteiger partial charge in [-0.2, -0.15) is 0 Å². The molecular weight excluding hydrogens is 386 g/mol. The number of hydrogen-bond donors (Lipinski definition) is 3. The number of benzene rings is 1. The predicted octanol–water partition coefficient (Wildman–Crippen LogP) is 3.05. The number of amides is 2. The van der Waals surface area contributed by atoms with Crippen LogP contribution in [0.4, 0.5) is 0 Å². The van der Waals surface area contributed by atoms with E-state index in [4.69, 9.17) is 16.3 Å². The lowest BCUT2D eigenvalue weighted by Gasteiger charge is -2.25. The molecule has 0 radical (unpaired) electrons. The number of H-pyrrole nitrogens is 1. The van der Waals surface area contributed by atoms with Crippen LogP contribution in [-0.2, 0) is 4.79 Å². The van der Waals surface area contributed by atoms with Gasteiger partial charge in [-0.3, -0.25) is 20.4 Å². The molecule has 0 aliphatic heterocycles. The highest BCUT2D eigenvalue weighted by atomic mass is 79.9. The number of hydrazine groups is 1. The summed E-state index contributed by atoms with van der Waals surface area (Å²) < 4.78 is 6.36. The van der Waals surface area contributed by atoms with E-state index in [1.54, 1.807) is 50.4 Å². The molecule has 0 bridgehead atoms. The highest BCUT2D eigenvalue weighted by Crippen LogP contribution is 2.20. The molecule has 0 fully saturated rings. The summed E-state index contributed by atoms with van der Waals surface area (Å²) in [5, 5.41) is 0.573. The van der Waals surface area contributed by atoms with Gasteiger partial charge in [-0.1, -0.05) is 11.6 Å². The van der Waals surface area contributed by atoms with E-state index < -0.39 is 17.4 Å². The fourth-order valence-corrected chi connectivity index (χ4v) is 2.14. The summed E-state index contributed by atoms with van der Waals surface area (Å²) >= 11 is 9.03. The standard InChI is InChI=1S/C15H15BrClN3O3/c1-15(2,23-11-5-3-10(17)4-6-11)14(22)20-19-13(21)12-7-9(16)8-18-12/h3-8,18H,1-2H3,(H,19,21)(H,20,22). The molecule has 3 N–H and O–H groups in total. The highest BCUT2D eigenvalue weighted by molar-refractivity contribution is 9.10. The molecule has 1 heterocycles. The minimum absolute atomic E-state index is 0.314. The molecule has 0 aliphatic carbocycles. The normalized spacial score (nSPS) is 11.0. The monoisotopic (exact) mass is 399 g/mol. The van der Waals surface area contributed by atoms with Crippen LogP contribution in [0.3, 0.4) is 0 Å². The lowest BCUT2D eigenvalue weighted by atomic mass is 10.1. The Balaban J connectivity index is 1.93. The summed E-state index contributed by atoms with van der Waals surface area (Å²) in [4.78, 5) is 26.8. The fourth-order valence-electron chi connectivity index (χ4n) is 1.67. The summed E-state index contributed by atoms with van der Waals surface area (Å²) in [5.41, 5.74) is 3.79. The van der Waals surface area contributed by atoms with E-state index >= 15 is 0 Å². The largest absolute Gasteiger partial charge is 0.478 e. The lowest BCUT2D eigenvalue weighted by molar-refractivity contribution is -0.135. The molecule has 1 aromatic heterocycles. The van der Waals surface area contributed by atoms with Crippen LogP contribution in [0.2, 0.25) is 5.02 Å². The van der Waals surface area contributed by atoms with Crippen molar-refractivity contribution in [3.63, 3.8) is 0 Å². The van der Waals surface area contributed by atoms with Crippen molar-refractivity contribution in [3.8, 4) is 5.75 Å². The third kappa shape index (κ3) is 4.74. The van der Waals surface area contributed by atoms with Gasteiger partial charge in [0.15, 0.2) is 5.60 Å². The van der Waals surface area contributed by atoms with Gasteiger partial charge in [0.1, 0.15) is 11.4 Å². The molecule has 2 amide bonds. The maximum atomic E-state index is 12.2. The zero-order chi connectivity index (χ0) is 17.0. The van der Waals surface area contributed by atoms with Crippen LogP contribution >= 0.6 is 27.5 Å². The number of aromatic nitrogens is 1. The zero-order valence-electron chi connectivity index (χ0n) is 12.4. The Morgan fingerprint density at radius 1 is 1.22 bits per heavy atom. The van der Waals surface area contributed by atoms with Crippen molar-refractivity contribution in [1.82, 2.24) is 15.8 Å². The first-order valence-electron chi connectivity index (χ1n) is 6.67. The first-order chi connectivity index (χ1) is 10.8. The molecular formula is C15H15BrClN3O3. The van der Waals surface area contributed by atoms with Gasteiger partial charge in [-0.25, -0.2) is 0 Å². The van der Waals surface area contributed by atoms with Crippen molar-refractivity contribution in [2.45, 2.75) is 19.4 Å². The van der Waals surface area contributed by atoms with Crippen LogP contribution in [0.25, 0.3) is 0 Å². The van der Waals surface area contributed by atoms with E-state index in [1.807, 2.05) is 0 Å². The van der Waals surface area contributed by atoms with Gasteiger partial charge in [0, 0.05) is 15.7 Å². The van der Waals surface area contributed by atoms with E-state index in [0.29, 0.717) is 16.5 Å². The molecule has 2 rings (SSSR count). The number of rotatable bonds is 4. The van der Waals surface area contributed by atoms with Gasteiger partial charge in [-0.15, -0.1) is 0 Å². The second-order valence-corrected chi connectivity index (χ2v) is 6.56. The fraction of sp³-hybridized carbons (Fsp3) is 0.200. The minimum atomic E-state index is -1.18. The number of nitrogens with one attached hydrogen (secondary N) is 3. The smallest absolute Gasteiger partial charge is 0.286 e. The molecule has 0 atom stereocenters. The van der Waals surface area contributed by atoms with E-state index in [1.165, 1.54) is 0 Å². The average molecular weight is 401 g/mol. The molecule has 1 aromatic carbocycles. The SMILES string of the molecule is CC(C)(Oc1ccc(Cl)cc1)C(=O)NNC(=O)c1cc(Br)c[nH]1. The van der Waals surface area contributed by atoms with E-state index in [9.17, 15) is 9.59 Å². The topological polar surface area (TPSA) is 83.2 Å². The third-order valence-corrected chi connectivity index (χ3v) is 3.63. The zero-order valence-corrected chi connectivity index (χ0v) is 14.8. The summed E-state index contributed by atoms with van der Waals surface area (Å²) in [5.74, 6) is -0.466. The van der Waals surface area contributed by atoms with Gasteiger partial charge in [0.05, 0.1) is 0 Å². The van der Waals surface area contributed by atoms with Crippen LogP contribution in [0, 0.1) is 0 Å². The Labute approximate surface area is 146 Å². The van der Waals surface area contributed by atoms with Crippen molar-refractivity contribution in [3.05, 3.63) is 51.7 Å². The number of carbonyl (C=O) groups is 2. The van der Waals surface area contributed by atoms with Gasteiger partial charge in [0.2, 0.25) is 0 Å². The molecule has 2 aromatic rings. The Bertz CT molecular complexity index is 713. The minimum Gasteiger partial charge on any atom is -0.478 e. The summed E-state index contributed by atoms with van der Waals surface area (Å²) in [7, 11) is 0. The van der Waals surface area contributed by atoms with Crippen molar-refractivity contribution >= 4 is 39.3 Å². The predicted molar refractivity (Wildman–Crippen MR) is 90.3 cm³/mol. The average Bonchev–Trinajstić information content (AvgIpc) is 2.93. The van der Waals surface area contributed by atoms with Crippen LogP contribution in [0.1, 0.15) is 24.3 Å². The lowest BCUT2D eigenvalue weighted by Crippen LogP contribution is -2.53. The molecule has 122 valence electrons. The summed E-state index contributed by atoms with van der Waals surface area (Å²) in [6.07, 6.45) is 1.62. The van der Waals surface area contributed by atoms with Gasteiger partial charge in [0.25, 0.3) is 11.8 Å². The Morgan fingerprint density at radius 2 is 1.87 bits per heavy atom. The van der Waals surface area contributed by atoms with Crippen molar-refractivity contribution in [2.24, 2.45) is 0 Å². The van der Waals surface area contributed by atoms with Crippen LogP contribution < -0.4 is 15.6 Å². The molecule has 0 aliphatic rings. The maximum Gasteiger partial charge on any atom is 0.286 e. The number of halogens is 2. The summed E-state index contributed by atoms with van der Waals surface area (Å²) in [6, 6.07) is 8.24. The number of aromatic amines is 1. The van der Waals surface area contributed by atoms with E-state index in [2.05, 4.69) is 31.8 Å². The van der Waals surface area contributed by atoms with Crippen molar-refractivity contribution < 1.29 is 14.3 Å². The Morgan fingerprint density at radius 3 is 2.43 bits per heavy atom. The molecule has 0 spiro atoms. The van der Waals surface area contributed by atoms with Gasteiger partial charge in [-0.05, 0) is 60.1 Å². The number of ether oxygens (including phenoxy) is 1. The second kappa shape index (κ2) is 7.06. The second-order valence-electron chi connectivity index (χ2n) is 5.21. The molecule has 0 saturated heterocycles. The summed E-state index contributed by atoms with van der Waals surface area (Å²) in [6.45, 7) is 3.18. The molecule has 6 nitrogen and oxygen atoms in total. The Kier molecular flexibility index (Phi) is 5.33. The first kappa shape index (κ1) is 17.4. The quantitative estimate of drug-likeness (QED) is 0.690. The third-order valence-electron chi connectivity index (χ3n) is 2.92. The van der Waals surface area contributed by atoms with E-state index in [0.717, 1.165) is 4.47 Å². The number of hydrogen-bond acceptors (Lipinski definition) is 3. The molecule has 0 saturated carbocycles. The number of carbonyl (C=O) groups excluding carboxylic acids is 2. The van der Waals surface area contributed by atoms with Gasteiger partial charge < -0.3 is 9.72 Å². The van der Waals surface area contributed by atoms with Crippen molar-refractivity contribution in [2.75, 3.05) is 0 Å². The van der Waals surface area contributed by atoms with Crippen molar-refractivity contribution in [1.29, 1.82) is 0 Å². The van der Waals surface area contributed by atoms with E-state index in [-0.39, 0.29) is 0 Å².